The van der Waals surface area contributed by atoms with E-state index >= 15 is 0 Å². The van der Waals surface area contributed by atoms with Crippen molar-refractivity contribution in [2.45, 2.75) is 103 Å². The molecule has 53 heavy (non-hydrogen) atoms. The van der Waals surface area contributed by atoms with Crippen LogP contribution in [0.1, 0.15) is 63.1 Å². The van der Waals surface area contributed by atoms with Crippen LogP contribution in [0, 0.1) is 0 Å². The van der Waals surface area contributed by atoms with Gasteiger partial charge in [0.05, 0.1) is 38.1 Å². The summed E-state index contributed by atoms with van der Waals surface area (Å²) in [4.78, 5) is 38.5. The molecule has 2 amide bonds. The molecular formula is C41H59N5O7. The van der Waals surface area contributed by atoms with E-state index < -0.39 is 30.2 Å². The summed E-state index contributed by atoms with van der Waals surface area (Å²) in [5, 5.41) is 8.64. The van der Waals surface area contributed by atoms with Crippen LogP contribution in [-0.2, 0) is 48.4 Å². The Morgan fingerprint density at radius 2 is 0.792 bits per heavy atom. The molecule has 12 heteroatoms. The second-order valence-corrected chi connectivity index (χ2v) is 13.5. The van der Waals surface area contributed by atoms with Gasteiger partial charge in [-0.15, -0.1) is 0 Å². The Kier molecular flexibility index (Phi) is 19.2. The number of hydrogen-bond acceptors (Lipinski definition) is 9. The third-order valence-electron chi connectivity index (χ3n) is 9.28. The highest BCUT2D eigenvalue weighted by atomic mass is 16.5. The molecule has 12 nitrogen and oxygen atoms in total. The zero-order chi connectivity index (χ0) is 38.6. The van der Waals surface area contributed by atoms with Gasteiger partial charge >= 0.3 is 5.97 Å². The lowest BCUT2D eigenvalue weighted by atomic mass is 10.1. The van der Waals surface area contributed by atoms with Gasteiger partial charge in [0.15, 0.2) is 0 Å². The van der Waals surface area contributed by atoms with E-state index in [0.717, 1.165) is 68.6 Å². The van der Waals surface area contributed by atoms with Gasteiger partial charge in [0, 0.05) is 26.2 Å². The van der Waals surface area contributed by atoms with Crippen LogP contribution in [0.3, 0.4) is 0 Å². The summed E-state index contributed by atoms with van der Waals surface area (Å²) in [6.45, 7) is 10.1. The molecule has 290 valence electrons. The van der Waals surface area contributed by atoms with Crippen molar-refractivity contribution < 1.29 is 33.7 Å². The quantitative estimate of drug-likeness (QED) is 0.178. The molecule has 3 unspecified atom stereocenters. The molecule has 3 aromatic carbocycles. The number of likely N-dealkylation sites (tertiary alicyclic amines) is 2. The lowest BCUT2D eigenvalue weighted by Gasteiger charge is -2.24. The van der Waals surface area contributed by atoms with Gasteiger partial charge in [0.2, 0.25) is 11.8 Å². The number of ether oxygens (including phenoxy) is 3. The molecule has 2 heterocycles. The number of carboxylic acids is 1. The van der Waals surface area contributed by atoms with Crippen molar-refractivity contribution in [2.75, 3.05) is 26.2 Å². The van der Waals surface area contributed by atoms with E-state index in [1.54, 1.807) is 6.92 Å². The Morgan fingerprint density at radius 1 is 0.528 bits per heavy atom. The molecule has 0 radical (unpaired) electrons. The predicted octanol–water partition coefficient (Wildman–Crippen LogP) is 4.09. The topological polar surface area (TPSA) is 184 Å². The van der Waals surface area contributed by atoms with Crippen molar-refractivity contribution in [3.05, 3.63) is 108 Å². The fraction of sp³-hybridized carbons (Fsp3) is 0.488. The average Bonchev–Trinajstić information content (AvgIpc) is 3.94. The van der Waals surface area contributed by atoms with Crippen molar-refractivity contribution in [3.63, 3.8) is 0 Å². The lowest BCUT2D eigenvalue weighted by Crippen LogP contribution is -2.49. The number of nitrogens with two attached hydrogens (primary N) is 3. The number of amides is 2. The third kappa shape index (κ3) is 15.4. The summed E-state index contributed by atoms with van der Waals surface area (Å²) in [6.07, 6.45) is 3.29. The predicted molar refractivity (Wildman–Crippen MR) is 205 cm³/mol. The Bertz CT molecular complexity index is 1390. The lowest BCUT2D eigenvalue weighted by molar-refractivity contribution is -0.142. The average molecular weight is 734 g/mol. The molecule has 7 N–H and O–H groups in total. The highest BCUT2D eigenvalue weighted by Gasteiger charge is 2.29. The summed E-state index contributed by atoms with van der Waals surface area (Å²) in [5.74, 6) is -1.02. The SMILES string of the molecule is C[C@@H](OCc1ccccc1)C(N)C(=O)N1CCCC1.C[C@@H](OCc1ccccc1)C(N)C(=O)N1CCCC1.C[C@@H](OCc1ccccc1)C(N)C(=O)O. The molecule has 0 saturated carbocycles. The monoisotopic (exact) mass is 733 g/mol. The summed E-state index contributed by atoms with van der Waals surface area (Å²) in [5.41, 5.74) is 20.6. The third-order valence-corrected chi connectivity index (χ3v) is 9.28. The Labute approximate surface area is 314 Å². The summed E-state index contributed by atoms with van der Waals surface area (Å²) in [7, 11) is 0. The minimum absolute atomic E-state index is 0.0121. The molecule has 2 fully saturated rings. The van der Waals surface area contributed by atoms with E-state index in [-0.39, 0.29) is 24.0 Å². The first-order valence-corrected chi connectivity index (χ1v) is 18.5. The van der Waals surface area contributed by atoms with Crippen molar-refractivity contribution in [2.24, 2.45) is 17.2 Å². The summed E-state index contributed by atoms with van der Waals surface area (Å²) in [6, 6.07) is 27.3. The van der Waals surface area contributed by atoms with Gasteiger partial charge in [-0.2, -0.15) is 0 Å². The molecule has 0 bridgehead atoms. The molecule has 2 saturated heterocycles. The van der Waals surface area contributed by atoms with E-state index in [1.807, 2.05) is 115 Å². The van der Waals surface area contributed by atoms with Gasteiger partial charge in [0.25, 0.3) is 0 Å². The number of hydrogen-bond donors (Lipinski definition) is 4. The number of nitrogens with zero attached hydrogens (tertiary/aromatic N) is 2. The maximum atomic E-state index is 12.1. The maximum absolute atomic E-state index is 12.1. The molecule has 0 aliphatic carbocycles. The Balaban J connectivity index is 0.000000216. The zero-order valence-corrected chi connectivity index (χ0v) is 31.4. The Hall–Kier alpha value is -4.17. The number of carbonyl (C=O) groups is 3. The fourth-order valence-corrected chi connectivity index (χ4v) is 5.62. The zero-order valence-electron chi connectivity index (χ0n) is 31.4. The van der Waals surface area contributed by atoms with E-state index in [2.05, 4.69) is 0 Å². The fourth-order valence-electron chi connectivity index (χ4n) is 5.62. The molecule has 2 aliphatic heterocycles. The number of benzene rings is 3. The van der Waals surface area contributed by atoms with Crippen LogP contribution >= 0.6 is 0 Å². The molecule has 2 aliphatic rings. The first-order valence-electron chi connectivity index (χ1n) is 18.5. The number of aliphatic carboxylic acids is 1. The first kappa shape index (κ1) is 43.2. The van der Waals surface area contributed by atoms with Crippen molar-refractivity contribution in [1.29, 1.82) is 0 Å². The minimum atomic E-state index is -1.05. The van der Waals surface area contributed by atoms with Gasteiger partial charge in [0.1, 0.15) is 18.1 Å². The van der Waals surface area contributed by atoms with Crippen molar-refractivity contribution in [1.82, 2.24) is 9.80 Å². The van der Waals surface area contributed by atoms with Crippen LogP contribution in [0.5, 0.6) is 0 Å². The van der Waals surface area contributed by atoms with Crippen LogP contribution in [0.15, 0.2) is 91.0 Å². The highest BCUT2D eigenvalue weighted by molar-refractivity contribution is 5.83. The van der Waals surface area contributed by atoms with Gasteiger partial charge < -0.3 is 46.3 Å². The Morgan fingerprint density at radius 3 is 1.06 bits per heavy atom. The molecule has 5 rings (SSSR count). The summed E-state index contributed by atoms with van der Waals surface area (Å²) >= 11 is 0. The number of carbonyl (C=O) groups excluding carboxylic acids is 2. The van der Waals surface area contributed by atoms with Gasteiger partial charge in [-0.1, -0.05) is 91.0 Å². The van der Waals surface area contributed by atoms with Crippen molar-refractivity contribution >= 4 is 17.8 Å². The van der Waals surface area contributed by atoms with E-state index in [0.29, 0.717) is 19.8 Å². The highest BCUT2D eigenvalue weighted by Crippen LogP contribution is 2.14. The van der Waals surface area contributed by atoms with Crippen molar-refractivity contribution in [3.8, 4) is 0 Å². The number of rotatable bonds is 15. The molecular weight excluding hydrogens is 674 g/mol. The van der Waals surface area contributed by atoms with Gasteiger partial charge in [-0.25, -0.2) is 0 Å². The van der Waals surface area contributed by atoms with E-state index in [4.69, 9.17) is 36.5 Å². The maximum Gasteiger partial charge on any atom is 0.323 e. The van der Waals surface area contributed by atoms with Crippen LogP contribution in [0.25, 0.3) is 0 Å². The summed E-state index contributed by atoms with van der Waals surface area (Å²) < 4.78 is 16.7. The second kappa shape index (κ2) is 23.5. The standard InChI is InChI=1S/2C15H22N2O2.C11H15NO3/c2*1-12(19-11-13-7-3-2-4-8-13)14(16)15(18)17-9-5-6-10-17;1-8(10(12)11(13)14)15-7-9-5-3-2-4-6-9/h2*2-4,7-8,12,14H,5-6,9-11,16H2,1H3;2-6,8,10H,7,12H2,1H3,(H,13,14)/t2*12-,14?;8-,10?/m111/s1. The van der Waals surface area contributed by atoms with Crippen LogP contribution in [-0.4, -0.2) is 95.3 Å². The number of carboxylic acid groups (broad SMARTS) is 1. The smallest absolute Gasteiger partial charge is 0.323 e. The minimum Gasteiger partial charge on any atom is -0.480 e. The van der Waals surface area contributed by atoms with Gasteiger partial charge in [-0.3, -0.25) is 14.4 Å². The van der Waals surface area contributed by atoms with Crippen LogP contribution < -0.4 is 17.2 Å². The normalized spacial score (nSPS) is 17.2. The first-order chi connectivity index (χ1) is 25.5. The van der Waals surface area contributed by atoms with E-state index in [9.17, 15) is 14.4 Å². The second-order valence-electron chi connectivity index (χ2n) is 13.5. The van der Waals surface area contributed by atoms with Gasteiger partial charge in [-0.05, 0) is 63.1 Å². The molecule has 6 atom stereocenters. The van der Waals surface area contributed by atoms with Crippen LogP contribution in [0.4, 0.5) is 0 Å². The molecule has 3 aromatic rings. The molecule has 0 aromatic heterocycles. The molecule has 0 spiro atoms. The largest absolute Gasteiger partial charge is 0.480 e. The van der Waals surface area contributed by atoms with E-state index in [1.165, 1.54) is 0 Å². The van der Waals surface area contributed by atoms with Crippen LogP contribution in [0.2, 0.25) is 0 Å².